The molecule has 4 rings (SSSR count). The average molecular weight is 382 g/mol. The van der Waals surface area contributed by atoms with Crippen molar-refractivity contribution < 1.29 is 10.2 Å². The molecule has 1 heterocycles. The molecule has 0 spiro atoms. The molecule has 1 unspecified atom stereocenters. The van der Waals surface area contributed by atoms with Crippen molar-refractivity contribution in [3.8, 4) is 34.0 Å². The second-order valence-electron chi connectivity index (χ2n) is 6.54. The van der Waals surface area contributed by atoms with Crippen molar-refractivity contribution in [1.82, 2.24) is 9.97 Å². The Bertz CT molecular complexity index is 1150. The highest BCUT2D eigenvalue weighted by Crippen LogP contribution is 2.31. The Balaban J connectivity index is 1.89. The van der Waals surface area contributed by atoms with E-state index in [1.165, 1.54) is 0 Å². The number of aromatic hydroxyl groups is 2. The number of hydrogen-bond acceptors (Lipinski definition) is 6. The largest absolute Gasteiger partial charge is 0.508 e. The molecule has 1 aromatic heterocycles. The van der Waals surface area contributed by atoms with E-state index in [0.717, 1.165) is 11.1 Å². The number of benzene rings is 3. The van der Waals surface area contributed by atoms with Crippen LogP contribution in [0.15, 0.2) is 90.0 Å². The van der Waals surface area contributed by atoms with Gasteiger partial charge in [-0.05, 0) is 35.9 Å². The molecule has 0 aliphatic rings. The molecule has 0 aliphatic carbocycles. The highest BCUT2D eigenvalue weighted by Gasteiger charge is 2.19. The van der Waals surface area contributed by atoms with Gasteiger partial charge < -0.3 is 10.2 Å². The van der Waals surface area contributed by atoms with E-state index in [9.17, 15) is 10.2 Å². The highest BCUT2D eigenvalue weighted by atomic mass is 16.3. The van der Waals surface area contributed by atoms with Crippen molar-refractivity contribution in [1.29, 1.82) is 5.53 Å². The lowest BCUT2D eigenvalue weighted by Crippen LogP contribution is -2.06. The molecule has 0 amide bonds. The molecule has 0 saturated carbocycles. The standard InChI is InChI=1S/C23H18N4O2/c24-27-22(16-9-11-18(28)12-10-16)23-25-20(15-5-2-1-3-6-15)14-21(26-23)17-7-4-8-19(29)13-17/h1-14,22,24,28-29H. The predicted octanol–water partition coefficient (Wildman–Crippen LogP) is 5.34. The average Bonchev–Trinajstić information content (AvgIpc) is 2.76. The lowest BCUT2D eigenvalue weighted by Gasteiger charge is -2.14. The fraction of sp³-hybridized carbons (Fsp3) is 0.0435. The number of nitrogens with zero attached hydrogens (tertiary/aromatic N) is 3. The van der Waals surface area contributed by atoms with E-state index in [1.54, 1.807) is 42.5 Å². The van der Waals surface area contributed by atoms with E-state index in [-0.39, 0.29) is 11.5 Å². The van der Waals surface area contributed by atoms with Crippen LogP contribution in [0.4, 0.5) is 0 Å². The Labute approximate surface area is 167 Å². The Morgan fingerprint density at radius 1 is 0.690 bits per heavy atom. The first-order valence-corrected chi connectivity index (χ1v) is 9.03. The minimum atomic E-state index is -0.713. The molecule has 6 heteroatoms. The van der Waals surface area contributed by atoms with Crippen LogP contribution in [0.25, 0.3) is 22.5 Å². The molecule has 0 radical (unpaired) electrons. The summed E-state index contributed by atoms with van der Waals surface area (Å²) in [5, 5.41) is 23.2. The second-order valence-corrected chi connectivity index (χ2v) is 6.54. The molecule has 6 nitrogen and oxygen atoms in total. The smallest absolute Gasteiger partial charge is 0.160 e. The van der Waals surface area contributed by atoms with Gasteiger partial charge in [0.15, 0.2) is 11.9 Å². The summed E-state index contributed by atoms with van der Waals surface area (Å²) in [6, 6.07) is 24.2. The van der Waals surface area contributed by atoms with Gasteiger partial charge in [0.2, 0.25) is 0 Å². The number of aromatic nitrogens is 2. The van der Waals surface area contributed by atoms with Crippen LogP contribution in [0.3, 0.4) is 0 Å². The summed E-state index contributed by atoms with van der Waals surface area (Å²) in [5.41, 5.74) is 11.4. The predicted molar refractivity (Wildman–Crippen MR) is 110 cm³/mol. The molecule has 4 aromatic rings. The first kappa shape index (κ1) is 18.3. The molecular weight excluding hydrogens is 364 g/mol. The summed E-state index contributed by atoms with van der Waals surface area (Å²) in [4.78, 5) is 9.31. The number of phenols is 2. The van der Waals surface area contributed by atoms with Gasteiger partial charge in [-0.3, -0.25) is 0 Å². The van der Waals surface area contributed by atoms with Gasteiger partial charge in [-0.15, -0.1) is 0 Å². The van der Waals surface area contributed by atoms with E-state index in [2.05, 4.69) is 15.1 Å². The van der Waals surface area contributed by atoms with Crippen LogP contribution in [0.2, 0.25) is 0 Å². The molecule has 29 heavy (non-hydrogen) atoms. The van der Waals surface area contributed by atoms with Crippen molar-refractivity contribution >= 4 is 0 Å². The summed E-state index contributed by atoms with van der Waals surface area (Å²) >= 11 is 0. The van der Waals surface area contributed by atoms with Crippen molar-refractivity contribution in [2.45, 2.75) is 6.04 Å². The second kappa shape index (κ2) is 7.90. The third-order valence-corrected chi connectivity index (χ3v) is 4.54. The Hall–Kier alpha value is -4.06. The van der Waals surface area contributed by atoms with Gasteiger partial charge in [-0.1, -0.05) is 54.6 Å². The van der Waals surface area contributed by atoms with Gasteiger partial charge in [0.25, 0.3) is 0 Å². The maximum atomic E-state index is 9.87. The van der Waals surface area contributed by atoms with E-state index >= 15 is 0 Å². The molecule has 0 bridgehead atoms. The third-order valence-electron chi connectivity index (χ3n) is 4.54. The minimum Gasteiger partial charge on any atom is -0.508 e. The zero-order valence-corrected chi connectivity index (χ0v) is 15.4. The molecule has 0 aliphatic heterocycles. The highest BCUT2D eigenvalue weighted by molar-refractivity contribution is 5.68. The zero-order valence-electron chi connectivity index (χ0n) is 15.4. The molecule has 0 fully saturated rings. The van der Waals surface area contributed by atoms with Crippen LogP contribution >= 0.6 is 0 Å². The minimum absolute atomic E-state index is 0.136. The topological polar surface area (TPSA) is 102 Å². The fourth-order valence-electron chi connectivity index (χ4n) is 3.10. The summed E-state index contributed by atoms with van der Waals surface area (Å²) in [5.74, 6) is 0.645. The van der Waals surface area contributed by atoms with Gasteiger partial charge in [0, 0.05) is 11.1 Å². The maximum Gasteiger partial charge on any atom is 0.160 e. The van der Waals surface area contributed by atoms with Crippen LogP contribution in [0, 0.1) is 5.53 Å². The van der Waals surface area contributed by atoms with Crippen molar-refractivity contribution in [2.24, 2.45) is 5.11 Å². The van der Waals surface area contributed by atoms with Crippen molar-refractivity contribution in [2.75, 3.05) is 0 Å². The SMILES string of the molecule is N=NC(c1ccc(O)cc1)c1nc(-c2ccccc2)cc(-c2cccc(O)c2)n1. The van der Waals surface area contributed by atoms with E-state index in [1.807, 2.05) is 42.5 Å². The third kappa shape index (κ3) is 3.96. The van der Waals surface area contributed by atoms with Crippen LogP contribution in [-0.4, -0.2) is 20.2 Å². The van der Waals surface area contributed by atoms with Crippen LogP contribution < -0.4 is 0 Å². The van der Waals surface area contributed by atoms with E-state index in [4.69, 9.17) is 5.53 Å². The van der Waals surface area contributed by atoms with E-state index in [0.29, 0.717) is 22.8 Å². The van der Waals surface area contributed by atoms with E-state index < -0.39 is 6.04 Å². The molecule has 142 valence electrons. The molecule has 1 atom stereocenters. The Morgan fingerprint density at radius 2 is 1.34 bits per heavy atom. The van der Waals surface area contributed by atoms with Gasteiger partial charge in [-0.2, -0.15) is 5.11 Å². The van der Waals surface area contributed by atoms with Crippen molar-refractivity contribution in [3.63, 3.8) is 0 Å². The molecule has 3 aromatic carbocycles. The molecule has 0 saturated heterocycles. The van der Waals surface area contributed by atoms with Crippen molar-refractivity contribution in [3.05, 3.63) is 96.3 Å². The number of nitrogens with one attached hydrogen (secondary N) is 1. The number of hydrogen-bond donors (Lipinski definition) is 3. The lowest BCUT2D eigenvalue weighted by molar-refractivity contribution is 0.474. The summed E-state index contributed by atoms with van der Waals surface area (Å²) < 4.78 is 0. The van der Waals surface area contributed by atoms with Crippen LogP contribution in [0.1, 0.15) is 17.4 Å². The van der Waals surface area contributed by atoms with Gasteiger partial charge in [-0.25, -0.2) is 15.5 Å². The van der Waals surface area contributed by atoms with Gasteiger partial charge in [0.05, 0.1) is 11.4 Å². The number of phenolic OH excluding ortho intramolecular Hbond substituents is 2. The summed E-state index contributed by atoms with van der Waals surface area (Å²) in [6.45, 7) is 0. The number of rotatable bonds is 5. The van der Waals surface area contributed by atoms with Crippen LogP contribution in [-0.2, 0) is 0 Å². The maximum absolute atomic E-state index is 9.87. The first-order valence-electron chi connectivity index (χ1n) is 9.03. The summed E-state index contributed by atoms with van der Waals surface area (Å²) in [7, 11) is 0. The van der Waals surface area contributed by atoms with Crippen LogP contribution in [0.5, 0.6) is 11.5 Å². The molecular formula is C23H18N4O2. The van der Waals surface area contributed by atoms with Gasteiger partial charge in [0.1, 0.15) is 11.5 Å². The Kier molecular flexibility index (Phi) is 4.99. The fourth-order valence-corrected chi connectivity index (χ4v) is 3.10. The first-order chi connectivity index (χ1) is 14.1. The zero-order chi connectivity index (χ0) is 20.2. The lowest BCUT2D eigenvalue weighted by atomic mass is 10.0. The van der Waals surface area contributed by atoms with Gasteiger partial charge >= 0.3 is 0 Å². The summed E-state index contributed by atoms with van der Waals surface area (Å²) in [6.07, 6.45) is 0. The normalized spacial score (nSPS) is 11.7. The Morgan fingerprint density at radius 3 is 2.00 bits per heavy atom. The quantitative estimate of drug-likeness (QED) is 0.405. The monoisotopic (exact) mass is 382 g/mol. The molecule has 3 N–H and O–H groups in total.